The fourth-order valence-corrected chi connectivity index (χ4v) is 7.71. The Morgan fingerprint density at radius 1 is 0.982 bits per heavy atom. The molecule has 2 amide bonds. The summed E-state index contributed by atoms with van der Waals surface area (Å²) < 4.78 is 46.0. The van der Waals surface area contributed by atoms with Gasteiger partial charge < -0.3 is 39.4 Å². The van der Waals surface area contributed by atoms with E-state index < -0.39 is 87.8 Å². The molecule has 0 saturated heterocycles. The van der Waals surface area contributed by atoms with Crippen molar-refractivity contribution in [2.45, 2.75) is 123 Å². The van der Waals surface area contributed by atoms with E-state index >= 15 is 4.39 Å². The zero-order valence-corrected chi connectivity index (χ0v) is 34.0. The number of ether oxygens (including phenoxy) is 4. The fourth-order valence-electron chi connectivity index (χ4n) is 7.71. The summed E-state index contributed by atoms with van der Waals surface area (Å²) in [5.41, 5.74) is -0.537. The summed E-state index contributed by atoms with van der Waals surface area (Å²) in [7, 11) is 3.41. The zero-order valence-electron chi connectivity index (χ0n) is 34.0. The standard InChI is InChI=1S/C40H55FN4O11/c1-11-13-15-52-31-25-21(27(41)22(19-42)28(31)45(36(49)54-38(3,4)5)37(50)55-39(6,7)8)17-20-18-23-29(44(9)10)32-26(35(43-56-32)53-16-14-12-2)34(48)40(23,51)33(47)24(20)30(25)46/h20,23,29,47,51H,11-19,42H2,1-10H3/t20-,23-,29-,40-/m0/s1. The molecule has 0 unspecified atom stereocenters. The minimum Gasteiger partial charge on any atom is -0.508 e. The molecule has 2 aromatic rings. The van der Waals surface area contributed by atoms with E-state index in [4.69, 9.17) is 29.2 Å². The van der Waals surface area contributed by atoms with E-state index in [-0.39, 0.29) is 65.7 Å². The summed E-state index contributed by atoms with van der Waals surface area (Å²) in [5, 5.41) is 28.6. The fraction of sp³-hybridized carbons (Fsp3) is 0.625. The minimum atomic E-state index is -2.64. The normalized spacial score (nSPS) is 21.9. The molecular weight excluding hydrogens is 731 g/mol. The average Bonchev–Trinajstić information content (AvgIpc) is 3.49. The van der Waals surface area contributed by atoms with Crippen LogP contribution in [0.15, 0.2) is 15.9 Å². The highest BCUT2D eigenvalue weighted by molar-refractivity contribution is 6.19. The van der Waals surface area contributed by atoms with Crippen molar-refractivity contribution >= 4 is 29.4 Å². The third-order valence-corrected chi connectivity index (χ3v) is 10.1. The third-order valence-electron chi connectivity index (χ3n) is 10.1. The number of benzene rings is 1. The number of fused-ring (bicyclic) bond motifs is 4. The number of ketones is 2. The number of aliphatic hydroxyl groups excluding tert-OH is 1. The smallest absolute Gasteiger partial charge is 0.424 e. The predicted molar refractivity (Wildman–Crippen MR) is 202 cm³/mol. The van der Waals surface area contributed by atoms with Gasteiger partial charge >= 0.3 is 12.2 Å². The molecule has 4 N–H and O–H groups in total. The lowest BCUT2D eigenvalue weighted by atomic mass is 9.58. The van der Waals surface area contributed by atoms with Crippen LogP contribution in [0.4, 0.5) is 19.7 Å². The molecule has 0 saturated carbocycles. The number of carbonyl (C=O) groups excluding carboxylic acids is 4. The number of anilines is 1. The Balaban J connectivity index is 1.78. The van der Waals surface area contributed by atoms with Crippen molar-refractivity contribution in [3.8, 4) is 11.6 Å². The zero-order chi connectivity index (χ0) is 41.7. The average molecular weight is 787 g/mol. The summed E-state index contributed by atoms with van der Waals surface area (Å²) >= 11 is 0. The molecule has 3 aliphatic rings. The number of aromatic nitrogens is 1. The third kappa shape index (κ3) is 7.50. The molecule has 0 aliphatic heterocycles. The van der Waals surface area contributed by atoms with Crippen molar-refractivity contribution in [3.63, 3.8) is 0 Å². The van der Waals surface area contributed by atoms with E-state index in [1.807, 2.05) is 13.8 Å². The second-order valence-corrected chi connectivity index (χ2v) is 16.8. The van der Waals surface area contributed by atoms with E-state index in [1.54, 1.807) is 60.5 Å². The minimum absolute atomic E-state index is 0.0319. The van der Waals surface area contributed by atoms with Crippen molar-refractivity contribution in [2.75, 3.05) is 32.2 Å². The van der Waals surface area contributed by atoms with Gasteiger partial charge in [0.05, 0.1) is 24.8 Å². The highest BCUT2D eigenvalue weighted by Gasteiger charge is 2.64. The van der Waals surface area contributed by atoms with Crippen molar-refractivity contribution in [3.05, 3.63) is 45.2 Å². The number of halogens is 1. The van der Waals surface area contributed by atoms with E-state index in [0.717, 1.165) is 6.42 Å². The molecule has 1 heterocycles. The lowest BCUT2D eigenvalue weighted by molar-refractivity contribution is -0.0559. The van der Waals surface area contributed by atoms with Crippen LogP contribution in [0.5, 0.6) is 11.6 Å². The number of nitrogens with zero attached hydrogens (tertiary/aromatic N) is 3. The molecule has 5 rings (SSSR count). The molecule has 15 nitrogen and oxygen atoms in total. The van der Waals surface area contributed by atoms with Gasteiger partial charge in [0.25, 0.3) is 5.88 Å². The predicted octanol–water partition coefficient (Wildman–Crippen LogP) is 6.72. The van der Waals surface area contributed by atoms with Crippen molar-refractivity contribution < 1.29 is 57.3 Å². The van der Waals surface area contributed by atoms with Gasteiger partial charge in [0.15, 0.2) is 22.9 Å². The maximum atomic E-state index is 17.1. The van der Waals surface area contributed by atoms with Crippen molar-refractivity contribution in [1.29, 1.82) is 0 Å². The van der Waals surface area contributed by atoms with Gasteiger partial charge in [0, 0.05) is 29.2 Å². The van der Waals surface area contributed by atoms with Crippen LogP contribution >= 0.6 is 0 Å². The van der Waals surface area contributed by atoms with Crippen LogP contribution in [0.3, 0.4) is 0 Å². The molecule has 1 aromatic carbocycles. The number of hydrogen-bond acceptors (Lipinski definition) is 14. The lowest BCUT2D eigenvalue weighted by Crippen LogP contribution is -2.59. The van der Waals surface area contributed by atoms with Gasteiger partial charge in [0.2, 0.25) is 5.78 Å². The van der Waals surface area contributed by atoms with Gasteiger partial charge in [-0.25, -0.2) is 14.0 Å². The number of hydrogen-bond donors (Lipinski definition) is 3. The molecule has 0 fully saturated rings. The first kappa shape index (κ1) is 42.6. The Labute approximate surface area is 326 Å². The molecule has 4 atom stereocenters. The summed E-state index contributed by atoms with van der Waals surface area (Å²) in [6.07, 6.45) is -0.204. The van der Waals surface area contributed by atoms with Gasteiger partial charge in [0.1, 0.15) is 34.0 Å². The summed E-state index contributed by atoms with van der Waals surface area (Å²) in [6, 6.07) is -0.820. The van der Waals surface area contributed by atoms with Crippen LogP contribution in [-0.2, 0) is 22.4 Å². The largest absolute Gasteiger partial charge is 0.508 e. The number of aliphatic hydroxyl groups is 2. The van der Waals surface area contributed by atoms with E-state index in [0.29, 0.717) is 24.2 Å². The monoisotopic (exact) mass is 786 g/mol. The molecule has 3 aliphatic carbocycles. The lowest BCUT2D eigenvalue weighted by Gasteiger charge is -2.49. The molecule has 308 valence electrons. The molecular formula is C40H55FN4O11. The molecule has 56 heavy (non-hydrogen) atoms. The number of amides is 2. The SMILES string of the molecule is CCCCOc1noc2c1C(=O)[C@@]1(O)C(O)=C3C(=O)c4c(c(F)c(CN)c(N(C(=O)OC(C)(C)C)C(=O)OC(C)(C)C)c4OCCCC)C[C@H]3C[C@H]1[C@@H]2N(C)C. The van der Waals surface area contributed by atoms with Gasteiger partial charge in [-0.1, -0.05) is 26.7 Å². The number of carbonyl (C=O) groups is 4. The highest BCUT2D eigenvalue weighted by atomic mass is 19.1. The number of rotatable bonds is 11. The van der Waals surface area contributed by atoms with Gasteiger partial charge in [-0.2, -0.15) is 4.90 Å². The highest BCUT2D eigenvalue weighted by Crippen LogP contribution is 2.57. The quantitative estimate of drug-likeness (QED) is 0.202. The Hall–Kier alpha value is -4.54. The molecule has 0 radical (unpaired) electrons. The number of nitrogens with two attached hydrogens (primary N) is 1. The van der Waals surface area contributed by atoms with Crippen molar-refractivity contribution in [1.82, 2.24) is 10.1 Å². The molecule has 1 aromatic heterocycles. The van der Waals surface area contributed by atoms with Crippen LogP contribution < -0.4 is 20.1 Å². The summed E-state index contributed by atoms with van der Waals surface area (Å²) in [5.74, 6) is -6.14. The number of Topliss-reactive ketones (excluding diaryl/α,β-unsaturated/α-hetero) is 2. The Morgan fingerprint density at radius 3 is 2.07 bits per heavy atom. The van der Waals surface area contributed by atoms with E-state index in [1.165, 1.54) is 0 Å². The second-order valence-electron chi connectivity index (χ2n) is 16.8. The number of imide groups is 1. The maximum Gasteiger partial charge on any atom is 0.424 e. The second kappa shape index (κ2) is 15.8. The molecule has 0 spiro atoms. The van der Waals surface area contributed by atoms with Gasteiger partial charge in [-0.15, -0.1) is 0 Å². The molecule has 16 heteroatoms. The number of allylic oxidation sites excluding steroid dienone is 1. The van der Waals surface area contributed by atoms with E-state index in [2.05, 4.69) is 5.16 Å². The first-order valence-electron chi connectivity index (χ1n) is 19.1. The van der Waals surface area contributed by atoms with Crippen LogP contribution in [0, 0.1) is 17.7 Å². The number of unbranched alkanes of at least 4 members (excludes halogenated alkanes) is 2. The molecule has 0 bridgehead atoms. The first-order valence-corrected chi connectivity index (χ1v) is 19.1. The van der Waals surface area contributed by atoms with Crippen LogP contribution in [0.25, 0.3) is 0 Å². The first-order chi connectivity index (χ1) is 26.1. The Morgan fingerprint density at radius 2 is 1.55 bits per heavy atom. The maximum absolute atomic E-state index is 17.1. The summed E-state index contributed by atoms with van der Waals surface area (Å²) in [4.78, 5) is 59.5. The van der Waals surface area contributed by atoms with Gasteiger partial charge in [-0.3, -0.25) is 14.5 Å². The Bertz CT molecular complexity index is 1900. The van der Waals surface area contributed by atoms with Crippen LogP contribution in [-0.4, -0.2) is 88.1 Å². The van der Waals surface area contributed by atoms with Crippen LogP contribution in [0.2, 0.25) is 0 Å². The van der Waals surface area contributed by atoms with Crippen LogP contribution in [0.1, 0.15) is 131 Å². The van der Waals surface area contributed by atoms with E-state index in [9.17, 15) is 29.4 Å². The Kier molecular flexibility index (Phi) is 12.0. The van der Waals surface area contributed by atoms with Crippen molar-refractivity contribution in [2.24, 2.45) is 17.6 Å². The summed E-state index contributed by atoms with van der Waals surface area (Å²) in [6.45, 7) is 12.9. The van der Waals surface area contributed by atoms with Gasteiger partial charge in [-0.05, 0) is 92.4 Å². The topological polar surface area (TPSA) is 204 Å².